The van der Waals surface area contributed by atoms with Crippen LogP contribution < -0.4 is 5.56 Å². The van der Waals surface area contributed by atoms with Gasteiger partial charge in [-0.15, -0.1) is 0 Å². The molecule has 1 fully saturated rings. The van der Waals surface area contributed by atoms with Crippen molar-refractivity contribution in [1.29, 1.82) is 0 Å². The first-order valence-electron chi connectivity index (χ1n) is 10.2. The lowest BCUT2D eigenvalue weighted by atomic mass is 10.1. The Morgan fingerprint density at radius 2 is 1.68 bits per heavy atom. The van der Waals surface area contributed by atoms with Crippen molar-refractivity contribution in [3.63, 3.8) is 0 Å². The Kier molecular flexibility index (Phi) is 6.08. The largest absolute Gasteiger partial charge is 0.442 e. The first-order valence-corrected chi connectivity index (χ1v) is 10.2. The Labute approximate surface area is 179 Å². The van der Waals surface area contributed by atoms with Crippen LogP contribution in [0.2, 0.25) is 0 Å². The van der Waals surface area contributed by atoms with E-state index in [9.17, 15) is 14.4 Å². The summed E-state index contributed by atoms with van der Waals surface area (Å²) < 4.78 is 12.3. The SMILES string of the molecule is CCn1nc(C(=O)OC(C(=O)N2CCOCC2)c2ccccc2)c2ccccc2c1=O. The van der Waals surface area contributed by atoms with Gasteiger partial charge in [0.15, 0.2) is 5.69 Å². The van der Waals surface area contributed by atoms with Gasteiger partial charge in [-0.25, -0.2) is 9.48 Å². The van der Waals surface area contributed by atoms with E-state index in [1.807, 2.05) is 6.07 Å². The molecule has 160 valence electrons. The molecule has 1 aliphatic rings. The molecule has 8 nitrogen and oxygen atoms in total. The van der Waals surface area contributed by atoms with Crippen LogP contribution >= 0.6 is 0 Å². The van der Waals surface area contributed by atoms with Gasteiger partial charge >= 0.3 is 5.97 Å². The monoisotopic (exact) mass is 421 g/mol. The molecule has 3 aromatic rings. The normalized spacial score (nSPS) is 14.9. The minimum Gasteiger partial charge on any atom is -0.442 e. The van der Waals surface area contributed by atoms with Crippen LogP contribution in [-0.4, -0.2) is 52.9 Å². The van der Waals surface area contributed by atoms with E-state index in [2.05, 4.69) is 5.10 Å². The molecule has 0 N–H and O–H groups in total. The summed E-state index contributed by atoms with van der Waals surface area (Å²) in [5.41, 5.74) is 0.298. The van der Waals surface area contributed by atoms with E-state index in [1.165, 1.54) is 4.68 Å². The Hall–Kier alpha value is -3.52. The molecule has 8 heteroatoms. The highest BCUT2D eigenvalue weighted by atomic mass is 16.5. The maximum atomic E-state index is 13.2. The smallest absolute Gasteiger partial charge is 0.360 e. The first-order chi connectivity index (χ1) is 15.1. The van der Waals surface area contributed by atoms with Gasteiger partial charge in [0.2, 0.25) is 6.10 Å². The maximum Gasteiger partial charge on any atom is 0.360 e. The summed E-state index contributed by atoms with van der Waals surface area (Å²) in [5.74, 6) is -1.06. The lowest BCUT2D eigenvalue weighted by Gasteiger charge is -2.30. The average molecular weight is 421 g/mol. The highest BCUT2D eigenvalue weighted by Gasteiger charge is 2.32. The Morgan fingerprint density at radius 3 is 2.35 bits per heavy atom. The Morgan fingerprint density at radius 1 is 1.03 bits per heavy atom. The molecule has 1 atom stereocenters. The van der Waals surface area contributed by atoms with E-state index in [4.69, 9.17) is 9.47 Å². The molecule has 1 aliphatic heterocycles. The minimum absolute atomic E-state index is 0.00718. The molecule has 0 saturated carbocycles. The van der Waals surface area contributed by atoms with Crippen LogP contribution in [0.25, 0.3) is 10.8 Å². The van der Waals surface area contributed by atoms with Crippen LogP contribution in [-0.2, 0) is 20.8 Å². The molecule has 0 radical (unpaired) electrons. The van der Waals surface area contributed by atoms with Crippen molar-refractivity contribution in [3.8, 4) is 0 Å². The number of ether oxygens (including phenoxy) is 2. The van der Waals surface area contributed by atoms with Crippen LogP contribution in [0.5, 0.6) is 0 Å². The number of amides is 1. The predicted octanol–water partition coefficient (Wildman–Crippen LogP) is 2.17. The number of fused-ring (bicyclic) bond motifs is 1. The number of hydrogen-bond donors (Lipinski definition) is 0. The summed E-state index contributed by atoms with van der Waals surface area (Å²) in [5, 5.41) is 5.00. The molecule has 0 bridgehead atoms. The van der Waals surface area contributed by atoms with Gasteiger partial charge in [-0.2, -0.15) is 5.10 Å². The molecule has 1 unspecified atom stereocenters. The number of benzene rings is 2. The summed E-state index contributed by atoms with van der Waals surface area (Å²) >= 11 is 0. The molecule has 1 aromatic heterocycles. The number of carbonyl (C=O) groups is 2. The van der Waals surface area contributed by atoms with Crippen LogP contribution in [0.1, 0.15) is 29.1 Å². The van der Waals surface area contributed by atoms with Crippen molar-refractivity contribution in [1.82, 2.24) is 14.7 Å². The molecular formula is C23H23N3O5. The van der Waals surface area contributed by atoms with Crippen molar-refractivity contribution in [2.24, 2.45) is 0 Å². The topological polar surface area (TPSA) is 90.7 Å². The molecule has 4 rings (SSSR count). The molecule has 1 saturated heterocycles. The summed E-state index contributed by atoms with van der Waals surface area (Å²) in [4.78, 5) is 40.6. The standard InChI is InChI=1S/C23H23N3O5/c1-2-26-21(27)18-11-7-6-10-17(18)19(24-26)23(29)31-20(16-8-4-3-5-9-16)22(28)25-12-14-30-15-13-25/h3-11,20H,2,12-15H2,1H3. The van der Waals surface area contributed by atoms with Gasteiger partial charge in [0, 0.05) is 30.6 Å². The summed E-state index contributed by atoms with van der Waals surface area (Å²) in [6.45, 7) is 3.82. The number of aromatic nitrogens is 2. The van der Waals surface area contributed by atoms with Gasteiger partial charge in [-0.05, 0) is 13.0 Å². The van der Waals surface area contributed by atoms with Crippen LogP contribution in [0, 0.1) is 0 Å². The molecule has 1 amide bonds. The highest BCUT2D eigenvalue weighted by molar-refractivity contribution is 6.03. The van der Waals surface area contributed by atoms with Gasteiger partial charge in [-0.1, -0.05) is 48.5 Å². The van der Waals surface area contributed by atoms with E-state index in [0.717, 1.165) is 0 Å². The zero-order valence-corrected chi connectivity index (χ0v) is 17.2. The van der Waals surface area contributed by atoms with Crippen molar-refractivity contribution >= 4 is 22.6 Å². The zero-order valence-electron chi connectivity index (χ0n) is 17.2. The molecule has 0 spiro atoms. The predicted molar refractivity (Wildman–Crippen MR) is 114 cm³/mol. The molecule has 2 aromatic carbocycles. The maximum absolute atomic E-state index is 13.2. The van der Waals surface area contributed by atoms with E-state index in [1.54, 1.807) is 60.4 Å². The van der Waals surface area contributed by atoms with Gasteiger partial charge in [0.05, 0.1) is 18.6 Å². The Balaban J connectivity index is 1.72. The third-order valence-electron chi connectivity index (χ3n) is 5.23. The summed E-state index contributed by atoms with van der Waals surface area (Å²) in [7, 11) is 0. The van der Waals surface area contributed by atoms with E-state index >= 15 is 0 Å². The fourth-order valence-corrected chi connectivity index (χ4v) is 3.60. The van der Waals surface area contributed by atoms with Gasteiger partial charge in [0.1, 0.15) is 0 Å². The second-order valence-corrected chi connectivity index (χ2v) is 7.15. The van der Waals surface area contributed by atoms with E-state index in [0.29, 0.717) is 49.2 Å². The third-order valence-corrected chi connectivity index (χ3v) is 5.23. The van der Waals surface area contributed by atoms with Crippen LogP contribution in [0.4, 0.5) is 0 Å². The van der Waals surface area contributed by atoms with Gasteiger partial charge < -0.3 is 14.4 Å². The van der Waals surface area contributed by atoms with Crippen molar-refractivity contribution in [2.75, 3.05) is 26.3 Å². The van der Waals surface area contributed by atoms with Crippen molar-refractivity contribution < 1.29 is 19.1 Å². The second-order valence-electron chi connectivity index (χ2n) is 7.15. The van der Waals surface area contributed by atoms with E-state index in [-0.39, 0.29) is 17.2 Å². The van der Waals surface area contributed by atoms with Crippen molar-refractivity contribution in [3.05, 3.63) is 76.2 Å². The summed E-state index contributed by atoms with van der Waals surface area (Å²) in [6.07, 6.45) is -1.12. The number of carbonyl (C=O) groups excluding carboxylic acids is 2. The zero-order chi connectivity index (χ0) is 21.8. The van der Waals surface area contributed by atoms with Gasteiger partial charge in [-0.3, -0.25) is 9.59 Å². The van der Waals surface area contributed by atoms with Crippen molar-refractivity contribution in [2.45, 2.75) is 19.6 Å². The number of aryl methyl sites for hydroxylation is 1. The van der Waals surface area contributed by atoms with Gasteiger partial charge in [0.25, 0.3) is 11.5 Å². The second kappa shape index (κ2) is 9.09. The van der Waals surface area contributed by atoms with Crippen LogP contribution in [0.3, 0.4) is 0 Å². The quantitative estimate of drug-likeness (QED) is 0.587. The first kappa shape index (κ1) is 20.7. The number of hydrogen-bond acceptors (Lipinski definition) is 6. The molecular weight excluding hydrogens is 398 g/mol. The molecule has 2 heterocycles. The van der Waals surface area contributed by atoms with E-state index < -0.39 is 12.1 Å². The summed E-state index contributed by atoms with van der Waals surface area (Å²) in [6, 6.07) is 15.6. The Bertz CT molecular complexity index is 1150. The fourth-order valence-electron chi connectivity index (χ4n) is 3.60. The van der Waals surface area contributed by atoms with Crippen LogP contribution in [0.15, 0.2) is 59.4 Å². The number of esters is 1. The molecule has 0 aliphatic carbocycles. The number of morpholine rings is 1. The highest BCUT2D eigenvalue weighted by Crippen LogP contribution is 2.24. The number of rotatable bonds is 5. The molecule has 31 heavy (non-hydrogen) atoms. The fraction of sp³-hybridized carbons (Fsp3) is 0.304. The third kappa shape index (κ3) is 4.20. The average Bonchev–Trinajstić information content (AvgIpc) is 2.83. The lowest BCUT2D eigenvalue weighted by Crippen LogP contribution is -2.44. The minimum atomic E-state index is -1.12. The number of nitrogens with zero attached hydrogens (tertiary/aromatic N) is 3. The lowest BCUT2D eigenvalue weighted by molar-refractivity contribution is -0.145.